The van der Waals surface area contributed by atoms with Crippen molar-refractivity contribution >= 4 is 23.0 Å². The van der Waals surface area contributed by atoms with Crippen LogP contribution in [0.25, 0.3) is 0 Å². The van der Waals surface area contributed by atoms with Crippen molar-refractivity contribution in [3.05, 3.63) is 48.0 Å². The first-order valence-corrected chi connectivity index (χ1v) is 10.6. The number of ether oxygens (including phenoxy) is 3. The summed E-state index contributed by atoms with van der Waals surface area (Å²) in [5.74, 6) is 2.34. The fourth-order valence-corrected chi connectivity index (χ4v) is 3.89. The first-order valence-electron chi connectivity index (χ1n) is 10.2. The maximum atomic E-state index is 6.02. The number of benzene rings is 2. The molecule has 0 aromatic heterocycles. The van der Waals surface area contributed by atoms with Crippen molar-refractivity contribution in [3.63, 3.8) is 0 Å². The summed E-state index contributed by atoms with van der Waals surface area (Å²) in [7, 11) is 3.28. The van der Waals surface area contributed by atoms with Crippen LogP contribution in [0.5, 0.6) is 17.2 Å². The average Bonchev–Trinajstić information content (AvgIpc) is 3.26. The summed E-state index contributed by atoms with van der Waals surface area (Å²) in [4.78, 5) is 0. The van der Waals surface area contributed by atoms with Gasteiger partial charge in [-0.05, 0) is 86.3 Å². The Kier molecular flexibility index (Phi) is 7.58. The van der Waals surface area contributed by atoms with E-state index in [9.17, 15) is 0 Å². The van der Waals surface area contributed by atoms with Gasteiger partial charge in [0.2, 0.25) is 0 Å². The Hall–Kier alpha value is -2.47. The quantitative estimate of drug-likeness (QED) is 0.559. The van der Waals surface area contributed by atoms with Crippen LogP contribution in [0, 0.1) is 0 Å². The van der Waals surface area contributed by atoms with E-state index in [1.54, 1.807) is 14.2 Å². The molecule has 2 aromatic carbocycles. The highest BCUT2D eigenvalue weighted by atomic mass is 32.1. The standard InChI is InChI=1S/C23H30N2O3S/c1-4-20(16-9-14-21(26-2)22(15-16)27-3)25-23(29)24-17-10-12-19(13-11-17)28-18-7-5-6-8-18/h9-15,18,20H,4-8H2,1-3H3,(H2,24,25,29). The molecule has 0 aliphatic heterocycles. The molecule has 6 heteroatoms. The molecule has 2 N–H and O–H groups in total. The van der Waals surface area contributed by atoms with Gasteiger partial charge < -0.3 is 24.8 Å². The van der Waals surface area contributed by atoms with Crippen molar-refractivity contribution in [1.29, 1.82) is 0 Å². The second-order valence-electron chi connectivity index (χ2n) is 7.22. The molecular formula is C23H30N2O3S. The summed E-state index contributed by atoms with van der Waals surface area (Å²) < 4.78 is 16.8. The summed E-state index contributed by atoms with van der Waals surface area (Å²) in [6.07, 6.45) is 6.09. The molecule has 1 fully saturated rings. The van der Waals surface area contributed by atoms with E-state index in [0.717, 1.165) is 36.3 Å². The van der Waals surface area contributed by atoms with Crippen molar-refractivity contribution < 1.29 is 14.2 Å². The van der Waals surface area contributed by atoms with Crippen LogP contribution in [-0.2, 0) is 0 Å². The van der Waals surface area contributed by atoms with Gasteiger partial charge in [0.15, 0.2) is 16.6 Å². The van der Waals surface area contributed by atoms with E-state index in [-0.39, 0.29) is 6.04 Å². The minimum absolute atomic E-state index is 0.0692. The van der Waals surface area contributed by atoms with Crippen molar-refractivity contribution in [2.75, 3.05) is 19.5 Å². The van der Waals surface area contributed by atoms with E-state index in [1.165, 1.54) is 12.8 Å². The molecule has 1 unspecified atom stereocenters. The highest BCUT2D eigenvalue weighted by molar-refractivity contribution is 7.80. The number of thiocarbonyl (C=S) groups is 1. The number of anilines is 1. The number of hydrogen-bond donors (Lipinski definition) is 2. The number of nitrogens with one attached hydrogen (secondary N) is 2. The normalized spacial score (nSPS) is 14.9. The Bertz CT molecular complexity index is 804. The fraction of sp³-hybridized carbons (Fsp3) is 0.435. The van der Waals surface area contributed by atoms with Crippen LogP contribution in [0.2, 0.25) is 0 Å². The summed E-state index contributed by atoms with van der Waals surface area (Å²) >= 11 is 5.53. The number of rotatable bonds is 8. The Balaban J connectivity index is 1.58. The molecule has 2 aromatic rings. The van der Waals surface area contributed by atoms with Crippen molar-refractivity contribution in [2.45, 2.75) is 51.2 Å². The molecule has 1 atom stereocenters. The zero-order chi connectivity index (χ0) is 20.6. The first kappa shape index (κ1) is 21.2. The third-order valence-electron chi connectivity index (χ3n) is 5.24. The molecule has 3 rings (SSSR count). The lowest BCUT2D eigenvalue weighted by atomic mass is 10.0. The number of methoxy groups -OCH3 is 2. The number of hydrogen-bond acceptors (Lipinski definition) is 4. The summed E-state index contributed by atoms with van der Waals surface area (Å²) in [5, 5.41) is 7.22. The molecular weight excluding hydrogens is 384 g/mol. The first-order chi connectivity index (χ1) is 14.1. The van der Waals surface area contributed by atoms with Crippen LogP contribution in [-0.4, -0.2) is 25.4 Å². The van der Waals surface area contributed by atoms with Crippen LogP contribution in [0.4, 0.5) is 5.69 Å². The van der Waals surface area contributed by atoms with Crippen molar-refractivity contribution in [2.24, 2.45) is 0 Å². The minimum atomic E-state index is 0.0692. The molecule has 0 amide bonds. The Labute approximate surface area is 178 Å². The third-order valence-corrected chi connectivity index (χ3v) is 5.46. The minimum Gasteiger partial charge on any atom is -0.493 e. The lowest BCUT2D eigenvalue weighted by Gasteiger charge is -2.21. The lowest BCUT2D eigenvalue weighted by molar-refractivity contribution is 0.210. The van der Waals surface area contributed by atoms with Gasteiger partial charge in [-0.1, -0.05) is 13.0 Å². The molecule has 1 aliphatic carbocycles. The molecule has 1 saturated carbocycles. The predicted octanol–water partition coefficient (Wildman–Crippen LogP) is 5.46. The maximum Gasteiger partial charge on any atom is 0.171 e. The van der Waals surface area contributed by atoms with Gasteiger partial charge in [-0.15, -0.1) is 0 Å². The van der Waals surface area contributed by atoms with Gasteiger partial charge in [0.05, 0.1) is 26.4 Å². The van der Waals surface area contributed by atoms with E-state index in [4.69, 9.17) is 26.4 Å². The van der Waals surface area contributed by atoms with Crippen molar-refractivity contribution in [1.82, 2.24) is 5.32 Å². The third kappa shape index (κ3) is 5.76. The zero-order valence-corrected chi connectivity index (χ0v) is 18.2. The molecule has 0 bridgehead atoms. The van der Waals surface area contributed by atoms with E-state index in [1.807, 2.05) is 42.5 Å². The van der Waals surface area contributed by atoms with E-state index < -0.39 is 0 Å². The van der Waals surface area contributed by atoms with E-state index in [2.05, 4.69) is 17.6 Å². The van der Waals surface area contributed by atoms with Crippen LogP contribution in [0.1, 0.15) is 50.6 Å². The second-order valence-corrected chi connectivity index (χ2v) is 7.63. The molecule has 29 heavy (non-hydrogen) atoms. The van der Waals surface area contributed by atoms with Gasteiger partial charge in [0.25, 0.3) is 0 Å². The highest BCUT2D eigenvalue weighted by Crippen LogP contribution is 2.31. The van der Waals surface area contributed by atoms with Crippen molar-refractivity contribution in [3.8, 4) is 17.2 Å². The van der Waals surface area contributed by atoms with E-state index >= 15 is 0 Å². The average molecular weight is 415 g/mol. The fourth-order valence-electron chi connectivity index (χ4n) is 3.63. The van der Waals surface area contributed by atoms with E-state index in [0.29, 0.717) is 22.7 Å². The SMILES string of the molecule is CCC(NC(=S)Nc1ccc(OC2CCCC2)cc1)c1ccc(OC)c(OC)c1. The molecule has 0 saturated heterocycles. The summed E-state index contributed by atoms with van der Waals surface area (Å²) in [6.45, 7) is 2.12. The maximum absolute atomic E-state index is 6.02. The molecule has 5 nitrogen and oxygen atoms in total. The van der Waals surface area contributed by atoms with Gasteiger partial charge in [-0.2, -0.15) is 0 Å². The topological polar surface area (TPSA) is 51.8 Å². The Morgan fingerprint density at radius 3 is 2.34 bits per heavy atom. The van der Waals surface area contributed by atoms with Crippen LogP contribution in [0.3, 0.4) is 0 Å². The molecule has 1 aliphatic rings. The van der Waals surface area contributed by atoms with Crippen LogP contribution >= 0.6 is 12.2 Å². The van der Waals surface area contributed by atoms with Gasteiger partial charge in [-0.25, -0.2) is 0 Å². The molecule has 156 valence electrons. The predicted molar refractivity (Wildman–Crippen MR) is 121 cm³/mol. The highest BCUT2D eigenvalue weighted by Gasteiger charge is 2.17. The largest absolute Gasteiger partial charge is 0.493 e. The lowest BCUT2D eigenvalue weighted by Crippen LogP contribution is -2.32. The van der Waals surface area contributed by atoms with Crippen LogP contribution < -0.4 is 24.8 Å². The monoisotopic (exact) mass is 414 g/mol. The smallest absolute Gasteiger partial charge is 0.171 e. The summed E-state index contributed by atoms with van der Waals surface area (Å²) in [5.41, 5.74) is 2.03. The molecule has 0 radical (unpaired) electrons. The zero-order valence-electron chi connectivity index (χ0n) is 17.4. The van der Waals surface area contributed by atoms with Gasteiger partial charge in [0, 0.05) is 5.69 Å². The molecule has 0 heterocycles. The van der Waals surface area contributed by atoms with Gasteiger partial charge in [0.1, 0.15) is 5.75 Å². The van der Waals surface area contributed by atoms with Crippen LogP contribution in [0.15, 0.2) is 42.5 Å². The summed E-state index contributed by atoms with van der Waals surface area (Å²) in [6, 6.07) is 14.0. The van der Waals surface area contributed by atoms with Gasteiger partial charge >= 0.3 is 0 Å². The Morgan fingerprint density at radius 1 is 1.03 bits per heavy atom. The Morgan fingerprint density at radius 2 is 1.72 bits per heavy atom. The molecule has 0 spiro atoms. The van der Waals surface area contributed by atoms with Gasteiger partial charge in [-0.3, -0.25) is 0 Å². The second kappa shape index (κ2) is 10.3.